The first-order valence-electron chi connectivity index (χ1n) is 10.4. The molecule has 3 heterocycles. The van der Waals surface area contributed by atoms with E-state index in [4.69, 9.17) is 0 Å². The zero-order chi connectivity index (χ0) is 17.7. The van der Waals surface area contributed by atoms with Crippen molar-refractivity contribution in [2.45, 2.75) is 58.4 Å². The second-order valence-corrected chi connectivity index (χ2v) is 8.63. The first-order valence-corrected chi connectivity index (χ1v) is 10.4. The highest BCUT2D eigenvalue weighted by molar-refractivity contribution is 5.54. The van der Waals surface area contributed by atoms with Crippen LogP contribution in [0.1, 0.15) is 52.4 Å². The molecule has 1 N–H and O–H groups in total. The lowest BCUT2D eigenvalue weighted by Gasteiger charge is -2.37. The van der Waals surface area contributed by atoms with Gasteiger partial charge in [-0.2, -0.15) is 0 Å². The largest absolute Gasteiger partial charge is 0.387 e. The van der Waals surface area contributed by atoms with Crippen LogP contribution in [0.5, 0.6) is 0 Å². The van der Waals surface area contributed by atoms with Gasteiger partial charge in [0.1, 0.15) is 0 Å². The zero-order valence-corrected chi connectivity index (χ0v) is 16.1. The number of fused-ring (bicyclic) bond motifs is 5. The summed E-state index contributed by atoms with van der Waals surface area (Å²) in [5.41, 5.74) is 9.47. The van der Waals surface area contributed by atoms with Crippen molar-refractivity contribution in [1.82, 2.24) is 10.2 Å². The van der Waals surface area contributed by atoms with E-state index in [9.17, 15) is 0 Å². The van der Waals surface area contributed by atoms with Gasteiger partial charge in [-0.1, -0.05) is 29.9 Å². The fourth-order valence-electron chi connectivity index (χ4n) is 5.61. The van der Waals surface area contributed by atoms with Crippen LogP contribution >= 0.6 is 0 Å². The van der Waals surface area contributed by atoms with Gasteiger partial charge in [-0.05, 0) is 75.5 Å². The van der Waals surface area contributed by atoms with Crippen molar-refractivity contribution in [1.29, 1.82) is 0 Å². The predicted octanol–water partition coefficient (Wildman–Crippen LogP) is 5.36. The minimum absolute atomic E-state index is 0.549. The van der Waals surface area contributed by atoms with Crippen molar-refractivity contribution in [3.8, 4) is 0 Å². The SMILES string of the molecule is CC(C)=CCC1CCC2C3=CNCC=C3N3C2=C1CC=C1C=CCCC13. The molecule has 0 radical (unpaired) electrons. The van der Waals surface area contributed by atoms with Gasteiger partial charge in [0.2, 0.25) is 0 Å². The van der Waals surface area contributed by atoms with Gasteiger partial charge in [0.05, 0.1) is 6.04 Å². The minimum atomic E-state index is 0.549. The van der Waals surface area contributed by atoms with Crippen molar-refractivity contribution >= 4 is 0 Å². The second-order valence-electron chi connectivity index (χ2n) is 8.63. The molecule has 5 aliphatic rings. The predicted molar refractivity (Wildman–Crippen MR) is 108 cm³/mol. The van der Waals surface area contributed by atoms with Crippen LogP contribution in [0.2, 0.25) is 0 Å². The molecule has 3 unspecified atom stereocenters. The minimum Gasteiger partial charge on any atom is -0.387 e. The van der Waals surface area contributed by atoms with E-state index in [2.05, 4.69) is 60.6 Å². The van der Waals surface area contributed by atoms with Gasteiger partial charge in [-0.3, -0.25) is 0 Å². The lowest BCUT2D eigenvalue weighted by Crippen LogP contribution is -2.35. The van der Waals surface area contributed by atoms with Crippen LogP contribution in [0.25, 0.3) is 0 Å². The van der Waals surface area contributed by atoms with Crippen LogP contribution < -0.4 is 5.32 Å². The zero-order valence-electron chi connectivity index (χ0n) is 16.1. The topological polar surface area (TPSA) is 15.3 Å². The number of rotatable bonds is 2. The van der Waals surface area contributed by atoms with Gasteiger partial charge in [-0.25, -0.2) is 0 Å². The lowest BCUT2D eigenvalue weighted by molar-refractivity contribution is 0.320. The maximum absolute atomic E-state index is 3.48. The Morgan fingerprint density at radius 1 is 1.23 bits per heavy atom. The smallest absolute Gasteiger partial charge is 0.0588 e. The molecule has 2 heteroatoms. The molecule has 0 aromatic carbocycles. The lowest BCUT2D eigenvalue weighted by atomic mass is 9.76. The van der Waals surface area contributed by atoms with Crippen LogP contribution in [0, 0.1) is 11.8 Å². The average Bonchev–Trinajstić information content (AvgIpc) is 2.88. The monoisotopic (exact) mass is 346 g/mol. The molecule has 5 rings (SSSR count). The van der Waals surface area contributed by atoms with Crippen molar-refractivity contribution in [2.24, 2.45) is 11.8 Å². The Hall–Kier alpha value is -1.96. The van der Waals surface area contributed by atoms with Crippen LogP contribution in [0.4, 0.5) is 0 Å². The highest BCUT2D eigenvalue weighted by Crippen LogP contribution is 2.54. The summed E-state index contributed by atoms with van der Waals surface area (Å²) in [4.78, 5) is 2.77. The number of nitrogens with one attached hydrogen (secondary N) is 1. The Bertz CT molecular complexity index is 798. The maximum Gasteiger partial charge on any atom is 0.0588 e. The Kier molecular flexibility index (Phi) is 3.95. The summed E-state index contributed by atoms with van der Waals surface area (Å²) in [5.74, 6) is 1.33. The highest BCUT2D eigenvalue weighted by atomic mass is 15.2. The molecule has 0 amide bonds. The summed E-state index contributed by atoms with van der Waals surface area (Å²) in [6.45, 7) is 5.43. The van der Waals surface area contributed by atoms with Crippen molar-refractivity contribution < 1.29 is 0 Å². The molecule has 0 spiro atoms. The van der Waals surface area contributed by atoms with Crippen LogP contribution in [0.15, 0.2) is 70.3 Å². The third kappa shape index (κ3) is 2.46. The summed E-state index contributed by atoms with van der Waals surface area (Å²) in [5, 5.41) is 3.48. The normalized spacial score (nSPS) is 31.7. The van der Waals surface area contributed by atoms with E-state index in [1.165, 1.54) is 43.4 Å². The highest BCUT2D eigenvalue weighted by Gasteiger charge is 2.46. The van der Waals surface area contributed by atoms with E-state index in [0.717, 1.165) is 13.0 Å². The second kappa shape index (κ2) is 6.33. The standard InChI is InChI=1S/C24H30N2/c1-16(2)7-8-17-9-12-20-21-15-25-14-13-23(21)26-22-6-4-3-5-18(22)10-11-19(17)24(20)26/h3,5,7,10,13,15,17,20,22,25H,4,6,8-9,11-12,14H2,1-2H3. The molecular formula is C24H30N2. The van der Waals surface area contributed by atoms with E-state index in [1.54, 1.807) is 22.4 Å². The van der Waals surface area contributed by atoms with E-state index in [-0.39, 0.29) is 0 Å². The summed E-state index contributed by atoms with van der Waals surface area (Å²) in [7, 11) is 0. The summed E-state index contributed by atoms with van der Waals surface area (Å²) >= 11 is 0. The fourth-order valence-corrected chi connectivity index (χ4v) is 5.61. The van der Waals surface area contributed by atoms with Gasteiger partial charge in [0, 0.05) is 35.6 Å². The summed E-state index contributed by atoms with van der Waals surface area (Å²) < 4.78 is 0. The molecule has 136 valence electrons. The van der Waals surface area contributed by atoms with E-state index in [0.29, 0.717) is 17.9 Å². The fraction of sp³-hybridized carbons (Fsp3) is 0.500. The molecule has 0 bridgehead atoms. The molecule has 1 saturated heterocycles. The third-order valence-electron chi connectivity index (χ3n) is 6.80. The third-order valence-corrected chi connectivity index (χ3v) is 6.80. The molecule has 2 nitrogen and oxygen atoms in total. The van der Waals surface area contributed by atoms with Gasteiger partial charge >= 0.3 is 0 Å². The average molecular weight is 347 g/mol. The molecule has 3 atom stereocenters. The first kappa shape index (κ1) is 16.2. The van der Waals surface area contributed by atoms with E-state index >= 15 is 0 Å². The Morgan fingerprint density at radius 3 is 3.04 bits per heavy atom. The Balaban J connectivity index is 1.64. The molecule has 26 heavy (non-hydrogen) atoms. The van der Waals surface area contributed by atoms with Gasteiger partial charge in [0.15, 0.2) is 0 Å². The van der Waals surface area contributed by atoms with Gasteiger partial charge < -0.3 is 10.2 Å². The number of hydrogen-bond donors (Lipinski definition) is 1. The maximum atomic E-state index is 3.48. The van der Waals surface area contributed by atoms with Crippen LogP contribution in [-0.2, 0) is 0 Å². The number of nitrogens with zero attached hydrogens (tertiary/aromatic N) is 1. The molecule has 2 aliphatic carbocycles. The van der Waals surface area contributed by atoms with Crippen molar-refractivity contribution in [3.63, 3.8) is 0 Å². The number of dihydropyridines is 1. The molecule has 3 aliphatic heterocycles. The number of allylic oxidation sites excluding steroid dienone is 7. The molecule has 0 aromatic rings. The van der Waals surface area contributed by atoms with Gasteiger partial charge in [-0.15, -0.1) is 0 Å². The van der Waals surface area contributed by atoms with Crippen molar-refractivity contribution in [2.75, 3.05) is 6.54 Å². The Labute approximate surface area is 157 Å². The molecule has 1 fully saturated rings. The Morgan fingerprint density at radius 2 is 2.15 bits per heavy atom. The first-order chi connectivity index (χ1) is 12.7. The summed E-state index contributed by atoms with van der Waals surface area (Å²) in [6.07, 6.45) is 22.0. The quantitative estimate of drug-likeness (QED) is 0.677. The molecular weight excluding hydrogens is 316 g/mol. The van der Waals surface area contributed by atoms with Gasteiger partial charge in [0.25, 0.3) is 0 Å². The summed E-state index contributed by atoms with van der Waals surface area (Å²) in [6, 6.07) is 0.549. The molecule has 0 saturated carbocycles. The molecule has 0 aromatic heterocycles. The van der Waals surface area contributed by atoms with Crippen molar-refractivity contribution in [3.05, 3.63) is 70.3 Å². The van der Waals surface area contributed by atoms with E-state index in [1.807, 2.05) is 0 Å². The van der Waals surface area contributed by atoms with Crippen LogP contribution in [0.3, 0.4) is 0 Å². The number of hydrogen-bond acceptors (Lipinski definition) is 2. The van der Waals surface area contributed by atoms with Crippen LogP contribution in [-0.4, -0.2) is 17.5 Å². The van der Waals surface area contributed by atoms with E-state index < -0.39 is 0 Å².